The Labute approximate surface area is 127 Å². The third-order valence-electron chi connectivity index (χ3n) is 4.08. The highest BCUT2D eigenvalue weighted by Gasteiger charge is 2.41. The topological polar surface area (TPSA) is 60.2 Å². The molecular formula is C16H29N3O2. The summed E-state index contributed by atoms with van der Waals surface area (Å²) in [5.74, 6) is 2.65. The second-order valence-corrected chi connectivity index (χ2v) is 6.67. The molecule has 1 saturated carbocycles. The summed E-state index contributed by atoms with van der Waals surface area (Å²) in [5, 5.41) is 7.55. The van der Waals surface area contributed by atoms with Crippen LogP contribution in [0.4, 0.5) is 0 Å². The Bertz CT molecular complexity index is 429. The highest BCUT2D eigenvalue weighted by atomic mass is 16.5. The van der Waals surface area contributed by atoms with Crippen molar-refractivity contribution in [3.05, 3.63) is 11.7 Å². The number of rotatable bonds is 7. The minimum Gasteiger partial charge on any atom is -0.367 e. The fourth-order valence-electron chi connectivity index (χ4n) is 3.16. The molecule has 1 heterocycles. The molecule has 0 radical (unpaired) electrons. The smallest absolute Gasteiger partial charge is 0.240 e. The Morgan fingerprint density at radius 2 is 2.29 bits per heavy atom. The van der Waals surface area contributed by atoms with Crippen LogP contribution in [0.15, 0.2) is 4.52 Å². The minimum absolute atomic E-state index is 0.341. The van der Waals surface area contributed by atoms with Crippen LogP contribution in [-0.2, 0) is 16.9 Å². The van der Waals surface area contributed by atoms with Crippen LogP contribution in [0.5, 0.6) is 0 Å². The molecule has 1 fully saturated rings. The lowest BCUT2D eigenvalue weighted by molar-refractivity contribution is -0.0891. The van der Waals surface area contributed by atoms with E-state index >= 15 is 0 Å². The van der Waals surface area contributed by atoms with Gasteiger partial charge in [0.15, 0.2) is 0 Å². The molecule has 5 heteroatoms. The van der Waals surface area contributed by atoms with Crippen molar-refractivity contribution in [2.75, 3.05) is 13.2 Å². The normalized spacial score (nSPS) is 26.4. The maximum atomic E-state index is 6.08. The highest BCUT2D eigenvalue weighted by molar-refractivity contribution is 5.04. The van der Waals surface area contributed by atoms with E-state index in [1.165, 1.54) is 6.42 Å². The molecule has 2 unspecified atom stereocenters. The fraction of sp³-hybridized carbons (Fsp3) is 0.875. The van der Waals surface area contributed by atoms with Crippen molar-refractivity contribution in [2.24, 2.45) is 11.8 Å². The number of aromatic nitrogens is 2. The van der Waals surface area contributed by atoms with Crippen LogP contribution in [0.25, 0.3) is 0 Å². The fourth-order valence-corrected chi connectivity index (χ4v) is 3.16. The molecule has 5 nitrogen and oxygen atoms in total. The second kappa shape index (κ2) is 7.36. The van der Waals surface area contributed by atoms with Crippen molar-refractivity contribution in [2.45, 2.75) is 65.5 Å². The summed E-state index contributed by atoms with van der Waals surface area (Å²) in [6.45, 7) is 10.9. The van der Waals surface area contributed by atoms with Crippen LogP contribution in [0.1, 0.15) is 65.1 Å². The molecule has 0 saturated heterocycles. The molecule has 0 bridgehead atoms. The predicted molar refractivity (Wildman–Crippen MR) is 81.8 cm³/mol. The quantitative estimate of drug-likeness (QED) is 0.836. The van der Waals surface area contributed by atoms with Gasteiger partial charge in [0.05, 0.1) is 6.54 Å². The molecule has 0 aliphatic heterocycles. The SMILES string of the molecule is CCOC1(c2noc(CNCC(C)C)n2)CCCC(C)C1. The maximum absolute atomic E-state index is 6.08. The summed E-state index contributed by atoms with van der Waals surface area (Å²) in [6, 6.07) is 0. The molecule has 2 atom stereocenters. The standard InChI is InChI=1S/C16H29N3O2/c1-5-20-16(8-6-7-13(4)9-16)15-18-14(21-19-15)11-17-10-12(2)3/h12-13,17H,5-11H2,1-4H3. The van der Waals surface area contributed by atoms with Gasteiger partial charge in [0, 0.05) is 6.61 Å². The number of hydrogen-bond acceptors (Lipinski definition) is 5. The van der Waals surface area contributed by atoms with Gasteiger partial charge in [0.2, 0.25) is 11.7 Å². The van der Waals surface area contributed by atoms with Gasteiger partial charge < -0.3 is 14.6 Å². The largest absolute Gasteiger partial charge is 0.367 e. The van der Waals surface area contributed by atoms with Crippen LogP contribution in [0, 0.1) is 11.8 Å². The maximum Gasteiger partial charge on any atom is 0.240 e. The average Bonchev–Trinajstić information content (AvgIpc) is 2.88. The van der Waals surface area contributed by atoms with Crippen LogP contribution in [0.3, 0.4) is 0 Å². The molecule has 120 valence electrons. The van der Waals surface area contributed by atoms with E-state index in [-0.39, 0.29) is 5.60 Å². The van der Waals surface area contributed by atoms with Crippen molar-refractivity contribution < 1.29 is 9.26 Å². The Morgan fingerprint density at radius 3 is 2.95 bits per heavy atom. The molecular weight excluding hydrogens is 266 g/mol. The van der Waals surface area contributed by atoms with Crippen molar-refractivity contribution in [3.63, 3.8) is 0 Å². The molecule has 1 aliphatic carbocycles. The monoisotopic (exact) mass is 295 g/mol. The number of ether oxygens (including phenoxy) is 1. The van der Waals surface area contributed by atoms with Gasteiger partial charge in [0.25, 0.3) is 0 Å². The van der Waals surface area contributed by atoms with E-state index in [1.54, 1.807) is 0 Å². The lowest BCUT2D eigenvalue weighted by Crippen LogP contribution is -2.36. The summed E-state index contributed by atoms with van der Waals surface area (Å²) in [5.41, 5.74) is -0.341. The molecule has 1 aromatic heterocycles. The summed E-state index contributed by atoms with van der Waals surface area (Å²) >= 11 is 0. The van der Waals surface area contributed by atoms with Crippen LogP contribution in [-0.4, -0.2) is 23.3 Å². The van der Waals surface area contributed by atoms with Crippen LogP contribution >= 0.6 is 0 Å². The average molecular weight is 295 g/mol. The Balaban J connectivity index is 2.05. The molecule has 21 heavy (non-hydrogen) atoms. The van der Waals surface area contributed by atoms with Gasteiger partial charge in [-0.05, 0) is 44.6 Å². The summed E-state index contributed by atoms with van der Waals surface area (Å²) in [7, 11) is 0. The molecule has 1 aromatic rings. The Kier molecular flexibility index (Phi) is 5.76. The molecule has 0 amide bonds. The third-order valence-corrected chi connectivity index (χ3v) is 4.08. The lowest BCUT2D eigenvalue weighted by atomic mass is 9.78. The highest BCUT2D eigenvalue weighted by Crippen LogP contribution is 2.41. The first-order valence-corrected chi connectivity index (χ1v) is 8.23. The molecule has 0 aromatic carbocycles. The first kappa shape index (κ1) is 16.4. The number of nitrogens with one attached hydrogen (secondary N) is 1. The van der Waals surface area contributed by atoms with Crippen molar-refractivity contribution in [1.29, 1.82) is 0 Å². The molecule has 1 N–H and O–H groups in total. The first-order chi connectivity index (χ1) is 10.1. The van der Waals surface area contributed by atoms with Gasteiger partial charge >= 0.3 is 0 Å². The van der Waals surface area contributed by atoms with E-state index in [0.29, 0.717) is 30.9 Å². The lowest BCUT2D eigenvalue weighted by Gasteiger charge is -2.37. The van der Waals surface area contributed by atoms with E-state index in [9.17, 15) is 0 Å². The number of nitrogens with zero attached hydrogens (tertiary/aromatic N) is 2. The first-order valence-electron chi connectivity index (χ1n) is 8.23. The van der Waals surface area contributed by atoms with E-state index in [2.05, 4.69) is 36.2 Å². The minimum atomic E-state index is -0.341. The Morgan fingerprint density at radius 1 is 1.48 bits per heavy atom. The summed E-state index contributed by atoms with van der Waals surface area (Å²) in [6.07, 6.45) is 4.40. The van der Waals surface area contributed by atoms with Gasteiger partial charge in [-0.15, -0.1) is 0 Å². The van der Waals surface area contributed by atoms with E-state index < -0.39 is 0 Å². The Hall–Kier alpha value is -0.940. The van der Waals surface area contributed by atoms with Gasteiger partial charge in [-0.3, -0.25) is 0 Å². The van der Waals surface area contributed by atoms with E-state index in [4.69, 9.17) is 9.26 Å². The second-order valence-electron chi connectivity index (χ2n) is 6.67. The molecule has 2 rings (SSSR count). The van der Waals surface area contributed by atoms with Gasteiger partial charge in [-0.25, -0.2) is 0 Å². The van der Waals surface area contributed by atoms with Crippen LogP contribution < -0.4 is 5.32 Å². The zero-order chi connectivity index (χ0) is 15.3. The number of hydrogen-bond donors (Lipinski definition) is 1. The van der Waals surface area contributed by atoms with E-state index in [0.717, 1.165) is 31.6 Å². The zero-order valence-corrected chi connectivity index (χ0v) is 13.8. The molecule has 0 spiro atoms. The van der Waals surface area contributed by atoms with Crippen molar-refractivity contribution >= 4 is 0 Å². The predicted octanol–water partition coefficient (Wildman–Crippen LogP) is 3.26. The van der Waals surface area contributed by atoms with Gasteiger partial charge in [-0.2, -0.15) is 4.98 Å². The van der Waals surface area contributed by atoms with Crippen molar-refractivity contribution in [1.82, 2.24) is 15.5 Å². The summed E-state index contributed by atoms with van der Waals surface area (Å²) in [4.78, 5) is 4.59. The zero-order valence-electron chi connectivity index (χ0n) is 13.8. The van der Waals surface area contributed by atoms with E-state index in [1.807, 2.05) is 6.92 Å². The summed E-state index contributed by atoms with van der Waals surface area (Å²) < 4.78 is 11.5. The third kappa shape index (κ3) is 4.27. The van der Waals surface area contributed by atoms with Gasteiger partial charge in [0.1, 0.15) is 5.60 Å². The molecule has 1 aliphatic rings. The van der Waals surface area contributed by atoms with Crippen LogP contribution in [0.2, 0.25) is 0 Å². The van der Waals surface area contributed by atoms with Crippen molar-refractivity contribution in [3.8, 4) is 0 Å². The van der Waals surface area contributed by atoms with Gasteiger partial charge in [-0.1, -0.05) is 32.3 Å².